The summed E-state index contributed by atoms with van der Waals surface area (Å²) in [5.74, 6) is 1.84. The lowest BCUT2D eigenvalue weighted by Crippen LogP contribution is -2.29. The number of aromatic nitrogens is 2. The minimum Gasteiger partial charge on any atom is -0.473 e. The first-order chi connectivity index (χ1) is 8.06. The van der Waals surface area contributed by atoms with Crippen molar-refractivity contribution in [1.29, 1.82) is 0 Å². The van der Waals surface area contributed by atoms with Crippen LogP contribution in [0, 0.1) is 15.4 Å². The van der Waals surface area contributed by atoms with Gasteiger partial charge in [-0.25, -0.2) is 4.98 Å². The molecule has 1 aliphatic rings. The van der Waals surface area contributed by atoms with E-state index in [9.17, 15) is 4.79 Å². The molecule has 0 aromatic carbocycles. The van der Waals surface area contributed by atoms with Crippen molar-refractivity contribution in [2.75, 3.05) is 0 Å². The van der Waals surface area contributed by atoms with Crippen LogP contribution in [0.15, 0.2) is 11.1 Å². The number of halogens is 1. The zero-order valence-corrected chi connectivity index (χ0v) is 12.2. The fraction of sp³-hybridized carbons (Fsp3) is 0.667. The van der Waals surface area contributed by atoms with E-state index in [0.29, 0.717) is 21.3 Å². The molecule has 2 atom stereocenters. The highest BCUT2D eigenvalue weighted by Crippen LogP contribution is 2.31. The Morgan fingerprint density at radius 2 is 2.00 bits per heavy atom. The van der Waals surface area contributed by atoms with Gasteiger partial charge >= 0.3 is 0 Å². The van der Waals surface area contributed by atoms with Crippen molar-refractivity contribution >= 4 is 22.6 Å². The molecule has 1 fully saturated rings. The monoisotopic (exact) mass is 348 g/mol. The molecule has 5 heteroatoms. The van der Waals surface area contributed by atoms with Gasteiger partial charge in [0.05, 0.1) is 6.33 Å². The van der Waals surface area contributed by atoms with Gasteiger partial charge in [-0.15, -0.1) is 0 Å². The molecule has 0 spiro atoms. The lowest BCUT2D eigenvalue weighted by molar-refractivity contribution is 0.0955. The van der Waals surface area contributed by atoms with Crippen molar-refractivity contribution in [2.45, 2.75) is 39.2 Å². The second kappa shape index (κ2) is 5.37. The molecule has 0 bridgehead atoms. The van der Waals surface area contributed by atoms with Crippen molar-refractivity contribution < 1.29 is 4.74 Å². The Hall–Kier alpha value is -0.590. The summed E-state index contributed by atoms with van der Waals surface area (Å²) in [5.41, 5.74) is -0.132. The molecule has 1 aliphatic carbocycles. The molecule has 1 heterocycles. The molecule has 1 N–H and O–H groups in total. The first-order valence-corrected chi connectivity index (χ1v) is 7.04. The van der Waals surface area contributed by atoms with Gasteiger partial charge in [0.2, 0.25) is 5.88 Å². The van der Waals surface area contributed by atoms with E-state index >= 15 is 0 Å². The molecule has 0 radical (unpaired) electrons. The second-order valence-corrected chi connectivity index (χ2v) is 6.09. The molecule has 1 saturated carbocycles. The Labute approximate surface area is 114 Å². The van der Waals surface area contributed by atoms with E-state index in [0.717, 1.165) is 12.8 Å². The van der Waals surface area contributed by atoms with Gasteiger partial charge in [0.1, 0.15) is 9.67 Å². The predicted octanol–water partition coefficient (Wildman–Crippen LogP) is 2.58. The van der Waals surface area contributed by atoms with E-state index in [1.54, 1.807) is 0 Å². The fourth-order valence-corrected chi connectivity index (χ4v) is 3.00. The van der Waals surface area contributed by atoms with E-state index in [1.807, 2.05) is 22.6 Å². The summed E-state index contributed by atoms with van der Waals surface area (Å²) in [7, 11) is 0. The van der Waals surface area contributed by atoms with Crippen molar-refractivity contribution in [3.05, 3.63) is 20.3 Å². The van der Waals surface area contributed by atoms with Gasteiger partial charge in [0.25, 0.3) is 5.56 Å². The minimum absolute atomic E-state index is 0.132. The fourth-order valence-electron chi connectivity index (χ4n) is 2.58. The maximum atomic E-state index is 11.4. The third-order valence-electron chi connectivity index (χ3n) is 3.18. The van der Waals surface area contributed by atoms with Crippen LogP contribution in [0.3, 0.4) is 0 Å². The van der Waals surface area contributed by atoms with E-state index in [2.05, 4.69) is 23.8 Å². The molecule has 94 valence electrons. The molecule has 2 rings (SSSR count). The molecule has 1 aromatic heterocycles. The Balaban J connectivity index is 2.10. The molecule has 2 unspecified atom stereocenters. The highest BCUT2D eigenvalue weighted by atomic mass is 127. The highest BCUT2D eigenvalue weighted by molar-refractivity contribution is 14.1. The van der Waals surface area contributed by atoms with Crippen LogP contribution in [0.2, 0.25) is 0 Å². The summed E-state index contributed by atoms with van der Waals surface area (Å²) < 4.78 is 6.41. The van der Waals surface area contributed by atoms with Crippen LogP contribution < -0.4 is 10.3 Å². The smallest absolute Gasteiger partial charge is 0.268 e. The van der Waals surface area contributed by atoms with Gasteiger partial charge in [-0.3, -0.25) is 4.79 Å². The normalized spacial score (nSPS) is 29.0. The van der Waals surface area contributed by atoms with Crippen molar-refractivity contribution in [1.82, 2.24) is 9.97 Å². The summed E-state index contributed by atoms with van der Waals surface area (Å²) >= 11 is 1.98. The van der Waals surface area contributed by atoms with Gasteiger partial charge in [-0.05, 0) is 53.7 Å². The summed E-state index contributed by atoms with van der Waals surface area (Å²) in [6.07, 6.45) is 4.95. The molecule has 0 amide bonds. The van der Waals surface area contributed by atoms with Crippen molar-refractivity contribution in [2.24, 2.45) is 11.8 Å². The number of nitrogens with one attached hydrogen (secondary N) is 1. The molecule has 0 aliphatic heterocycles. The van der Waals surface area contributed by atoms with E-state index < -0.39 is 0 Å². The van der Waals surface area contributed by atoms with E-state index in [-0.39, 0.29) is 11.7 Å². The zero-order chi connectivity index (χ0) is 12.4. The van der Waals surface area contributed by atoms with Crippen molar-refractivity contribution in [3.63, 3.8) is 0 Å². The largest absolute Gasteiger partial charge is 0.473 e. The molecule has 17 heavy (non-hydrogen) atoms. The topological polar surface area (TPSA) is 55.0 Å². The first-order valence-electron chi connectivity index (χ1n) is 5.96. The van der Waals surface area contributed by atoms with Gasteiger partial charge in [0, 0.05) is 0 Å². The van der Waals surface area contributed by atoms with Gasteiger partial charge in [0.15, 0.2) is 0 Å². The third kappa shape index (κ3) is 3.20. The van der Waals surface area contributed by atoms with E-state index in [1.165, 1.54) is 12.7 Å². The average molecular weight is 348 g/mol. The molecule has 0 saturated heterocycles. The van der Waals surface area contributed by atoms with Crippen LogP contribution in [-0.2, 0) is 0 Å². The average Bonchev–Trinajstić information content (AvgIpc) is 2.23. The SMILES string of the molecule is CC1CC(C)CC(Oc2nc[nH]c(=O)c2I)C1. The number of ether oxygens (including phenoxy) is 1. The van der Waals surface area contributed by atoms with Crippen LogP contribution in [0.25, 0.3) is 0 Å². The van der Waals surface area contributed by atoms with Crippen LogP contribution >= 0.6 is 22.6 Å². The Morgan fingerprint density at radius 3 is 2.65 bits per heavy atom. The third-order valence-corrected chi connectivity index (χ3v) is 4.13. The highest BCUT2D eigenvalue weighted by Gasteiger charge is 2.26. The number of hydrogen-bond acceptors (Lipinski definition) is 3. The number of hydrogen-bond donors (Lipinski definition) is 1. The van der Waals surface area contributed by atoms with Crippen LogP contribution in [0.5, 0.6) is 5.88 Å². The maximum Gasteiger partial charge on any atom is 0.268 e. The lowest BCUT2D eigenvalue weighted by atomic mass is 9.82. The Morgan fingerprint density at radius 1 is 1.35 bits per heavy atom. The van der Waals surface area contributed by atoms with Gasteiger partial charge in [-0.2, -0.15) is 0 Å². The Bertz CT molecular complexity index is 436. The molecule has 1 aromatic rings. The maximum absolute atomic E-state index is 11.4. The summed E-state index contributed by atoms with van der Waals surface area (Å²) in [5, 5.41) is 0. The number of H-pyrrole nitrogens is 1. The van der Waals surface area contributed by atoms with Crippen LogP contribution in [-0.4, -0.2) is 16.1 Å². The standard InChI is InChI=1S/C12H17IN2O2/c1-7-3-8(2)5-9(4-7)17-12-10(13)11(16)14-6-15-12/h6-9H,3-5H2,1-2H3,(H,14,15,16). The summed E-state index contributed by atoms with van der Waals surface area (Å²) in [4.78, 5) is 18.1. The lowest BCUT2D eigenvalue weighted by Gasteiger charge is -2.31. The second-order valence-electron chi connectivity index (χ2n) is 5.01. The summed E-state index contributed by atoms with van der Waals surface area (Å²) in [6.45, 7) is 4.50. The van der Waals surface area contributed by atoms with Crippen LogP contribution in [0.1, 0.15) is 33.1 Å². The minimum atomic E-state index is -0.132. The quantitative estimate of drug-likeness (QED) is 0.836. The number of nitrogens with zero attached hydrogens (tertiary/aromatic N) is 1. The van der Waals surface area contributed by atoms with Crippen LogP contribution in [0.4, 0.5) is 0 Å². The first kappa shape index (κ1) is 12.9. The van der Waals surface area contributed by atoms with Crippen molar-refractivity contribution in [3.8, 4) is 5.88 Å². The summed E-state index contributed by atoms with van der Waals surface area (Å²) in [6, 6.07) is 0. The molecule has 4 nitrogen and oxygen atoms in total. The predicted molar refractivity (Wildman–Crippen MR) is 74.2 cm³/mol. The van der Waals surface area contributed by atoms with Gasteiger partial charge < -0.3 is 9.72 Å². The van der Waals surface area contributed by atoms with E-state index in [4.69, 9.17) is 4.74 Å². The van der Waals surface area contributed by atoms with Gasteiger partial charge in [-0.1, -0.05) is 13.8 Å². The zero-order valence-electron chi connectivity index (χ0n) is 10.1. The molecular formula is C12H17IN2O2. The molecular weight excluding hydrogens is 331 g/mol. The number of aromatic amines is 1. The number of rotatable bonds is 2. The Kier molecular flexibility index (Phi) is 4.06.